The summed E-state index contributed by atoms with van der Waals surface area (Å²) in [6, 6.07) is 20.9. The molecule has 0 saturated heterocycles. The third kappa shape index (κ3) is 4.40. The first-order chi connectivity index (χ1) is 16.9. The molecule has 3 aromatic carbocycles. The van der Waals surface area contributed by atoms with Gasteiger partial charge in [-0.2, -0.15) is 0 Å². The Morgan fingerprint density at radius 2 is 1.86 bits per heavy atom. The van der Waals surface area contributed by atoms with Crippen LogP contribution < -0.4 is 15.6 Å². The van der Waals surface area contributed by atoms with Crippen LogP contribution >= 0.6 is 11.8 Å². The normalized spacial score (nSPS) is 11.2. The monoisotopic (exact) mass is 484 g/mol. The highest BCUT2D eigenvalue weighted by atomic mass is 32.2. The molecule has 8 heteroatoms. The predicted octanol–water partition coefficient (Wildman–Crippen LogP) is 5.22. The number of aromatic amines is 1. The van der Waals surface area contributed by atoms with Gasteiger partial charge in [-0.25, -0.2) is 9.55 Å². The highest BCUT2D eigenvalue weighted by Gasteiger charge is 2.20. The fourth-order valence-electron chi connectivity index (χ4n) is 4.08. The molecule has 0 aliphatic rings. The second-order valence-electron chi connectivity index (χ2n) is 8.31. The number of benzene rings is 3. The highest BCUT2D eigenvalue weighted by molar-refractivity contribution is 7.99. The van der Waals surface area contributed by atoms with Crippen molar-refractivity contribution in [2.75, 3.05) is 18.2 Å². The van der Waals surface area contributed by atoms with Gasteiger partial charge in [0.05, 0.1) is 18.6 Å². The smallest absolute Gasteiger partial charge is 0.283 e. The Morgan fingerprint density at radius 3 is 2.66 bits per heavy atom. The Hall–Kier alpha value is -4.04. The maximum absolute atomic E-state index is 13.8. The van der Waals surface area contributed by atoms with Crippen LogP contribution in [0.2, 0.25) is 0 Å². The molecule has 35 heavy (non-hydrogen) atoms. The van der Waals surface area contributed by atoms with Gasteiger partial charge in [0.25, 0.3) is 5.56 Å². The van der Waals surface area contributed by atoms with Crippen molar-refractivity contribution in [3.63, 3.8) is 0 Å². The van der Waals surface area contributed by atoms with Crippen molar-refractivity contribution in [1.29, 1.82) is 0 Å². The van der Waals surface area contributed by atoms with E-state index in [2.05, 4.69) is 10.3 Å². The lowest BCUT2D eigenvalue weighted by Gasteiger charge is -2.15. The number of aromatic nitrogens is 3. The van der Waals surface area contributed by atoms with E-state index >= 15 is 0 Å². The molecule has 0 bridgehead atoms. The summed E-state index contributed by atoms with van der Waals surface area (Å²) in [5, 5.41) is 4.18. The van der Waals surface area contributed by atoms with E-state index in [1.165, 1.54) is 16.3 Å². The number of hydrogen-bond acceptors (Lipinski definition) is 5. The summed E-state index contributed by atoms with van der Waals surface area (Å²) < 4.78 is 7.09. The summed E-state index contributed by atoms with van der Waals surface area (Å²) in [7, 11) is 1.57. The number of rotatable bonds is 6. The fraction of sp³-hybridized carbons (Fsp3) is 0.148. The SMILES string of the molecule is COc1ccc(C)cc1-n1c(SCC(=O)Nc2cccc(C)c2)nc2c([nH]c3ccccc32)c1=O. The second-order valence-corrected chi connectivity index (χ2v) is 9.25. The van der Waals surface area contributed by atoms with Gasteiger partial charge in [-0.1, -0.05) is 48.2 Å². The molecule has 176 valence electrons. The average molecular weight is 485 g/mol. The Kier molecular flexibility index (Phi) is 6.05. The Balaban J connectivity index is 1.61. The van der Waals surface area contributed by atoms with Gasteiger partial charge in [0, 0.05) is 16.6 Å². The molecule has 0 saturated carbocycles. The van der Waals surface area contributed by atoms with E-state index in [0.29, 0.717) is 27.6 Å². The molecule has 5 aromatic rings. The molecular weight excluding hydrogens is 460 g/mol. The first kappa shape index (κ1) is 22.7. The number of H-pyrrole nitrogens is 1. The minimum atomic E-state index is -0.253. The highest BCUT2D eigenvalue weighted by Crippen LogP contribution is 2.30. The van der Waals surface area contributed by atoms with Gasteiger partial charge in [-0.3, -0.25) is 9.59 Å². The molecule has 2 heterocycles. The number of aryl methyl sites for hydroxylation is 2. The predicted molar refractivity (Wildman–Crippen MR) is 141 cm³/mol. The average Bonchev–Trinajstić information content (AvgIpc) is 3.22. The van der Waals surface area contributed by atoms with E-state index in [1.807, 2.05) is 80.6 Å². The number of amides is 1. The van der Waals surface area contributed by atoms with Gasteiger partial charge in [0.2, 0.25) is 5.91 Å². The van der Waals surface area contributed by atoms with Crippen molar-refractivity contribution in [2.45, 2.75) is 19.0 Å². The van der Waals surface area contributed by atoms with Crippen LogP contribution in [0, 0.1) is 13.8 Å². The molecular formula is C27H24N4O3S. The van der Waals surface area contributed by atoms with Gasteiger partial charge in [0.1, 0.15) is 16.8 Å². The molecule has 0 aliphatic carbocycles. The summed E-state index contributed by atoms with van der Waals surface area (Å²) in [5.41, 5.74) is 4.89. The van der Waals surface area contributed by atoms with Crippen LogP contribution in [-0.2, 0) is 4.79 Å². The number of fused-ring (bicyclic) bond motifs is 3. The van der Waals surface area contributed by atoms with E-state index in [0.717, 1.165) is 27.7 Å². The van der Waals surface area contributed by atoms with Gasteiger partial charge in [0.15, 0.2) is 5.16 Å². The lowest BCUT2D eigenvalue weighted by atomic mass is 10.2. The van der Waals surface area contributed by atoms with Crippen LogP contribution in [0.15, 0.2) is 76.7 Å². The number of ether oxygens (including phenoxy) is 1. The fourth-order valence-corrected chi connectivity index (χ4v) is 4.87. The quantitative estimate of drug-likeness (QED) is 0.255. The largest absolute Gasteiger partial charge is 0.495 e. The molecule has 0 atom stereocenters. The third-order valence-electron chi connectivity index (χ3n) is 5.70. The van der Waals surface area contributed by atoms with Crippen LogP contribution in [0.1, 0.15) is 11.1 Å². The second kappa shape index (κ2) is 9.31. The van der Waals surface area contributed by atoms with E-state index in [1.54, 1.807) is 7.11 Å². The van der Waals surface area contributed by atoms with Crippen LogP contribution in [0.3, 0.4) is 0 Å². The van der Waals surface area contributed by atoms with Gasteiger partial charge >= 0.3 is 0 Å². The summed E-state index contributed by atoms with van der Waals surface area (Å²) in [6.45, 7) is 3.92. The third-order valence-corrected chi connectivity index (χ3v) is 6.64. The van der Waals surface area contributed by atoms with Gasteiger partial charge < -0.3 is 15.0 Å². The maximum Gasteiger partial charge on any atom is 0.283 e. The van der Waals surface area contributed by atoms with E-state index < -0.39 is 0 Å². The Morgan fingerprint density at radius 1 is 1.06 bits per heavy atom. The zero-order chi connectivity index (χ0) is 24.5. The van der Waals surface area contributed by atoms with Crippen molar-refractivity contribution in [1.82, 2.24) is 14.5 Å². The number of carbonyl (C=O) groups is 1. The van der Waals surface area contributed by atoms with Crippen molar-refractivity contribution in [2.24, 2.45) is 0 Å². The Labute approximate surface area is 206 Å². The number of hydrogen-bond donors (Lipinski definition) is 2. The van der Waals surface area contributed by atoms with Crippen LogP contribution in [0.4, 0.5) is 5.69 Å². The molecule has 2 aromatic heterocycles. The van der Waals surface area contributed by atoms with E-state index in [4.69, 9.17) is 9.72 Å². The number of carbonyl (C=O) groups excluding carboxylic acids is 1. The number of thioether (sulfide) groups is 1. The standard InChI is InChI=1S/C27H24N4O3S/c1-16-7-6-8-18(13-16)28-23(32)15-35-27-30-24-19-9-4-5-10-20(19)29-25(24)26(33)31(27)21-14-17(2)11-12-22(21)34-3/h4-14,29H,15H2,1-3H3,(H,28,32). The maximum atomic E-state index is 13.8. The van der Waals surface area contributed by atoms with Crippen molar-refractivity contribution < 1.29 is 9.53 Å². The van der Waals surface area contributed by atoms with Crippen molar-refractivity contribution in [3.8, 4) is 11.4 Å². The van der Waals surface area contributed by atoms with E-state index in [-0.39, 0.29) is 17.2 Å². The Bertz CT molecular complexity index is 1640. The molecule has 1 amide bonds. The number of nitrogens with zero attached hydrogens (tertiary/aromatic N) is 2. The topological polar surface area (TPSA) is 89.0 Å². The summed E-state index contributed by atoms with van der Waals surface area (Å²) >= 11 is 1.21. The first-order valence-electron chi connectivity index (χ1n) is 11.1. The molecule has 0 fully saturated rings. The first-order valence-corrected chi connectivity index (χ1v) is 12.1. The number of para-hydroxylation sites is 1. The summed E-state index contributed by atoms with van der Waals surface area (Å²) in [4.78, 5) is 34.6. The zero-order valence-corrected chi connectivity index (χ0v) is 20.4. The number of methoxy groups -OCH3 is 1. The molecule has 2 N–H and O–H groups in total. The lowest BCUT2D eigenvalue weighted by molar-refractivity contribution is -0.113. The van der Waals surface area contributed by atoms with Gasteiger partial charge in [-0.15, -0.1) is 0 Å². The number of nitrogens with one attached hydrogen (secondary N) is 2. The minimum Gasteiger partial charge on any atom is -0.495 e. The van der Waals surface area contributed by atoms with Crippen LogP contribution in [0.25, 0.3) is 27.6 Å². The van der Waals surface area contributed by atoms with Gasteiger partial charge in [-0.05, 0) is 55.3 Å². The lowest BCUT2D eigenvalue weighted by Crippen LogP contribution is -2.23. The minimum absolute atomic E-state index is 0.0857. The van der Waals surface area contributed by atoms with Crippen molar-refractivity contribution >= 4 is 45.3 Å². The van der Waals surface area contributed by atoms with Crippen LogP contribution in [-0.4, -0.2) is 33.3 Å². The molecule has 7 nitrogen and oxygen atoms in total. The molecule has 0 unspecified atom stereocenters. The summed E-state index contributed by atoms with van der Waals surface area (Å²) in [5.74, 6) is 0.445. The zero-order valence-electron chi connectivity index (χ0n) is 19.6. The molecule has 0 radical (unpaired) electrons. The van der Waals surface area contributed by atoms with Crippen LogP contribution in [0.5, 0.6) is 5.75 Å². The van der Waals surface area contributed by atoms with E-state index in [9.17, 15) is 9.59 Å². The van der Waals surface area contributed by atoms with Crippen molar-refractivity contribution in [3.05, 3.63) is 88.2 Å². The number of anilines is 1. The summed E-state index contributed by atoms with van der Waals surface area (Å²) in [6.07, 6.45) is 0. The molecule has 0 spiro atoms. The molecule has 5 rings (SSSR count). The molecule has 0 aliphatic heterocycles.